The number of fused-ring (bicyclic) bond motifs is 1. The summed E-state index contributed by atoms with van der Waals surface area (Å²) in [7, 11) is -3.83. The normalized spacial score (nSPS) is 15.5. The molecule has 2 aromatic carbocycles. The molecular weight excluding hydrogens is 434 g/mol. The Kier molecular flexibility index (Phi) is 6.61. The van der Waals surface area contributed by atoms with Gasteiger partial charge in [0.2, 0.25) is 15.9 Å². The van der Waals surface area contributed by atoms with Crippen molar-refractivity contribution in [1.82, 2.24) is 10.0 Å². The van der Waals surface area contributed by atoms with E-state index in [2.05, 4.69) is 15.4 Å². The van der Waals surface area contributed by atoms with E-state index in [1.54, 1.807) is 30.3 Å². The first-order valence-electron chi connectivity index (χ1n) is 10.5. The molecule has 1 aliphatic heterocycles. The smallest absolute Gasteiger partial charge is 0.253 e. The van der Waals surface area contributed by atoms with E-state index in [1.807, 2.05) is 0 Å². The number of carbonyl (C=O) groups excluding carboxylic acids is 2. The van der Waals surface area contributed by atoms with Gasteiger partial charge >= 0.3 is 0 Å². The van der Waals surface area contributed by atoms with Gasteiger partial charge in [-0.3, -0.25) is 9.59 Å². The van der Waals surface area contributed by atoms with Gasteiger partial charge in [0.1, 0.15) is 0 Å². The van der Waals surface area contributed by atoms with Crippen molar-refractivity contribution in [2.24, 2.45) is 0 Å². The van der Waals surface area contributed by atoms with Gasteiger partial charge in [-0.1, -0.05) is 12.1 Å². The summed E-state index contributed by atoms with van der Waals surface area (Å²) in [5, 5.41) is 5.58. The van der Waals surface area contributed by atoms with E-state index in [0.29, 0.717) is 36.0 Å². The van der Waals surface area contributed by atoms with Crippen LogP contribution >= 0.6 is 0 Å². The highest BCUT2D eigenvalue weighted by atomic mass is 32.2. The molecular formula is C22H25N3O6S. The van der Waals surface area contributed by atoms with Crippen molar-refractivity contribution in [3.8, 4) is 11.5 Å². The number of rotatable bonds is 8. The number of ether oxygens (including phenoxy) is 2. The Hall–Kier alpha value is -3.11. The lowest BCUT2D eigenvalue weighted by atomic mass is 10.1. The first-order valence-corrected chi connectivity index (χ1v) is 12.0. The summed E-state index contributed by atoms with van der Waals surface area (Å²) in [5.41, 5.74) is 0.766. The van der Waals surface area contributed by atoms with Crippen molar-refractivity contribution in [2.75, 3.05) is 25.1 Å². The predicted molar refractivity (Wildman–Crippen MR) is 117 cm³/mol. The number of nitrogens with one attached hydrogen (secondary N) is 3. The van der Waals surface area contributed by atoms with Crippen LogP contribution in [0.1, 0.15) is 36.0 Å². The van der Waals surface area contributed by atoms with Crippen LogP contribution < -0.4 is 24.8 Å². The molecule has 0 spiro atoms. The number of hydrogen-bond acceptors (Lipinski definition) is 6. The van der Waals surface area contributed by atoms with Gasteiger partial charge in [-0.25, -0.2) is 13.1 Å². The maximum atomic E-state index is 12.6. The predicted octanol–water partition coefficient (Wildman–Crippen LogP) is 2.05. The number of anilines is 1. The van der Waals surface area contributed by atoms with E-state index in [4.69, 9.17) is 9.47 Å². The molecule has 9 nitrogen and oxygen atoms in total. The summed E-state index contributed by atoms with van der Waals surface area (Å²) >= 11 is 0. The van der Waals surface area contributed by atoms with E-state index in [-0.39, 0.29) is 29.8 Å². The van der Waals surface area contributed by atoms with Crippen LogP contribution in [-0.4, -0.2) is 46.0 Å². The zero-order valence-corrected chi connectivity index (χ0v) is 18.2. The maximum absolute atomic E-state index is 12.6. The Labute approximate surface area is 186 Å². The van der Waals surface area contributed by atoms with Crippen molar-refractivity contribution < 1.29 is 27.5 Å². The second kappa shape index (κ2) is 9.58. The van der Waals surface area contributed by atoms with Gasteiger partial charge in [0.15, 0.2) is 11.5 Å². The average Bonchev–Trinajstić information content (AvgIpc) is 3.60. The molecule has 1 fully saturated rings. The SMILES string of the molecule is O=C(CCNS(=O)(=O)c1ccc2c(c1)OCCCO2)Nc1ccccc1C(=O)NC1CC1. The van der Waals surface area contributed by atoms with E-state index in [0.717, 1.165) is 19.3 Å². The second-order valence-electron chi connectivity index (χ2n) is 7.65. The minimum atomic E-state index is -3.83. The molecule has 0 bridgehead atoms. The summed E-state index contributed by atoms with van der Waals surface area (Å²) in [5.74, 6) is 0.242. The molecule has 0 radical (unpaired) electrons. The largest absolute Gasteiger partial charge is 0.490 e. The lowest BCUT2D eigenvalue weighted by molar-refractivity contribution is -0.116. The van der Waals surface area contributed by atoms with E-state index >= 15 is 0 Å². The van der Waals surface area contributed by atoms with Gasteiger partial charge in [0, 0.05) is 31.5 Å². The molecule has 170 valence electrons. The third kappa shape index (κ3) is 5.57. The van der Waals surface area contributed by atoms with Gasteiger partial charge in [0.05, 0.1) is 29.4 Å². The Balaban J connectivity index is 1.33. The molecule has 0 aromatic heterocycles. The standard InChI is InChI=1S/C22H25N3O6S/c26-21(25-18-5-2-1-4-17(18)22(27)24-15-6-7-15)10-11-23-32(28,29)16-8-9-19-20(14-16)31-13-3-12-30-19/h1-2,4-5,8-9,14-15,23H,3,6-7,10-13H2,(H,24,27)(H,25,26). The van der Waals surface area contributed by atoms with E-state index in [9.17, 15) is 18.0 Å². The molecule has 0 unspecified atom stereocenters. The minimum Gasteiger partial charge on any atom is -0.490 e. The lowest BCUT2D eigenvalue weighted by Gasteiger charge is -2.12. The van der Waals surface area contributed by atoms with Crippen LogP contribution in [0.25, 0.3) is 0 Å². The summed E-state index contributed by atoms with van der Waals surface area (Å²) in [4.78, 5) is 24.7. The Bertz CT molecular complexity index is 1110. The van der Waals surface area contributed by atoms with Crippen LogP contribution in [0.4, 0.5) is 5.69 Å². The van der Waals surface area contributed by atoms with Gasteiger partial charge in [0.25, 0.3) is 5.91 Å². The molecule has 1 heterocycles. The highest BCUT2D eigenvalue weighted by molar-refractivity contribution is 7.89. The zero-order valence-electron chi connectivity index (χ0n) is 17.4. The Morgan fingerprint density at radius 3 is 2.53 bits per heavy atom. The summed E-state index contributed by atoms with van der Waals surface area (Å²) < 4.78 is 38.7. The molecule has 3 N–H and O–H groups in total. The van der Waals surface area contributed by atoms with Crippen LogP contribution in [0.15, 0.2) is 47.4 Å². The van der Waals surface area contributed by atoms with Crippen LogP contribution in [0.3, 0.4) is 0 Å². The molecule has 1 saturated carbocycles. The maximum Gasteiger partial charge on any atom is 0.253 e. The van der Waals surface area contributed by atoms with Crippen LogP contribution in [-0.2, 0) is 14.8 Å². The fraction of sp³-hybridized carbons (Fsp3) is 0.364. The highest BCUT2D eigenvalue weighted by Gasteiger charge is 2.25. The molecule has 32 heavy (non-hydrogen) atoms. The first kappa shape index (κ1) is 22.1. The molecule has 0 atom stereocenters. The Morgan fingerprint density at radius 2 is 1.75 bits per heavy atom. The summed E-state index contributed by atoms with van der Waals surface area (Å²) in [6, 6.07) is 11.3. The third-order valence-corrected chi connectivity index (χ3v) is 6.49. The number of para-hydroxylation sites is 1. The van der Waals surface area contributed by atoms with Crippen molar-refractivity contribution in [3.05, 3.63) is 48.0 Å². The third-order valence-electron chi connectivity index (χ3n) is 5.03. The molecule has 10 heteroatoms. The van der Waals surface area contributed by atoms with Crippen molar-refractivity contribution >= 4 is 27.5 Å². The number of hydrogen-bond donors (Lipinski definition) is 3. The van der Waals surface area contributed by atoms with E-state index in [1.165, 1.54) is 12.1 Å². The number of amides is 2. The monoisotopic (exact) mass is 459 g/mol. The molecule has 2 amide bonds. The van der Waals surface area contributed by atoms with Crippen molar-refractivity contribution in [1.29, 1.82) is 0 Å². The summed E-state index contributed by atoms with van der Waals surface area (Å²) in [6.45, 7) is 0.862. The van der Waals surface area contributed by atoms with Crippen LogP contribution in [0, 0.1) is 0 Å². The van der Waals surface area contributed by atoms with Crippen molar-refractivity contribution in [2.45, 2.75) is 36.6 Å². The topological polar surface area (TPSA) is 123 Å². The second-order valence-corrected chi connectivity index (χ2v) is 9.42. The molecule has 4 rings (SSSR count). The molecule has 2 aliphatic rings. The number of carbonyl (C=O) groups is 2. The van der Waals surface area contributed by atoms with Gasteiger partial charge < -0.3 is 20.1 Å². The number of benzene rings is 2. The fourth-order valence-electron chi connectivity index (χ4n) is 3.19. The zero-order chi connectivity index (χ0) is 22.6. The minimum absolute atomic E-state index is 0.0317. The fourth-order valence-corrected chi connectivity index (χ4v) is 4.23. The molecule has 2 aromatic rings. The molecule has 1 aliphatic carbocycles. The molecule has 0 saturated heterocycles. The Morgan fingerprint density at radius 1 is 1.00 bits per heavy atom. The van der Waals surface area contributed by atoms with E-state index < -0.39 is 15.9 Å². The van der Waals surface area contributed by atoms with Crippen LogP contribution in [0.5, 0.6) is 11.5 Å². The van der Waals surface area contributed by atoms with Crippen LogP contribution in [0.2, 0.25) is 0 Å². The van der Waals surface area contributed by atoms with Gasteiger partial charge in [-0.05, 0) is 37.1 Å². The quantitative estimate of drug-likeness (QED) is 0.555. The summed E-state index contributed by atoms with van der Waals surface area (Å²) in [6.07, 6.45) is 2.55. The first-order chi connectivity index (χ1) is 15.4. The lowest BCUT2D eigenvalue weighted by Crippen LogP contribution is -2.29. The van der Waals surface area contributed by atoms with Crippen molar-refractivity contribution in [3.63, 3.8) is 0 Å². The number of sulfonamides is 1. The van der Waals surface area contributed by atoms with Gasteiger partial charge in [-0.15, -0.1) is 0 Å². The van der Waals surface area contributed by atoms with Gasteiger partial charge in [-0.2, -0.15) is 0 Å². The highest BCUT2D eigenvalue weighted by Crippen LogP contribution is 2.31. The average molecular weight is 460 g/mol.